The van der Waals surface area contributed by atoms with Crippen molar-refractivity contribution in [3.8, 4) is 11.5 Å². The van der Waals surface area contributed by atoms with E-state index in [-0.39, 0.29) is 17.9 Å². The van der Waals surface area contributed by atoms with Crippen molar-refractivity contribution in [2.24, 2.45) is 0 Å². The van der Waals surface area contributed by atoms with Crippen molar-refractivity contribution in [1.82, 2.24) is 5.32 Å². The fourth-order valence-corrected chi connectivity index (χ4v) is 2.81. The third-order valence-electron chi connectivity index (χ3n) is 3.73. The van der Waals surface area contributed by atoms with Gasteiger partial charge in [-0.3, -0.25) is 9.59 Å². The van der Waals surface area contributed by atoms with Crippen LogP contribution >= 0.6 is 11.6 Å². The standard InChI is InChI=1S/C21H23ClN2O4/c1-13(2)23-21(26)15-7-5-6-8-17(15)24-19(25)10-9-14-11-16(22)20(28-4)18(12-14)27-3/h5-13H,1-4H3,(H,23,26)(H,24,25)/b10-9+. The molecule has 0 spiro atoms. The first kappa shape index (κ1) is 21.3. The van der Waals surface area contributed by atoms with Gasteiger partial charge in [0.2, 0.25) is 5.91 Å². The fourth-order valence-electron chi connectivity index (χ4n) is 2.51. The number of benzene rings is 2. The van der Waals surface area contributed by atoms with Crippen LogP contribution in [0.15, 0.2) is 42.5 Å². The van der Waals surface area contributed by atoms with Gasteiger partial charge in [-0.05, 0) is 49.8 Å². The van der Waals surface area contributed by atoms with Gasteiger partial charge in [0.25, 0.3) is 5.91 Å². The number of carbonyl (C=O) groups excluding carboxylic acids is 2. The highest BCUT2D eigenvalue weighted by Gasteiger charge is 2.13. The lowest BCUT2D eigenvalue weighted by Gasteiger charge is -2.12. The van der Waals surface area contributed by atoms with E-state index in [1.54, 1.807) is 42.5 Å². The first-order valence-electron chi connectivity index (χ1n) is 8.66. The van der Waals surface area contributed by atoms with E-state index in [0.717, 1.165) is 0 Å². The smallest absolute Gasteiger partial charge is 0.253 e. The van der Waals surface area contributed by atoms with E-state index in [1.807, 2.05) is 13.8 Å². The zero-order valence-electron chi connectivity index (χ0n) is 16.2. The van der Waals surface area contributed by atoms with Crippen LogP contribution in [0.5, 0.6) is 11.5 Å². The van der Waals surface area contributed by atoms with E-state index in [4.69, 9.17) is 21.1 Å². The molecule has 0 aliphatic carbocycles. The second-order valence-corrected chi connectivity index (χ2v) is 6.64. The quantitative estimate of drug-likeness (QED) is 0.682. The van der Waals surface area contributed by atoms with Crippen LogP contribution in [-0.4, -0.2) is 32.1 Å². The Morgan fingerprint density at radius 2 is 1.82 bits per heavy atom. The van der Waals surface area contributed by atoms with Gasteiger partial charge in [-0.15, -0.1) is 0 Å². The summed E-state index contributed by atoms with van der Waals surface area (Å²) in [5.41, 5.74) is 1.50. The number of ether oxygens (including phenoxy) is 2. The molecule has 0 unspecified atom stereocenters. The molecule has 0 aliphatic rings. The first-order valence-corrected chi connectivity index (χ1v) is 9.04. The molecule has 0 radical (unpaired) electrons. The predicted octanol–water partition coefficient (Wildman–Crippen LogP) is 4.15. The predicted molar refractivity (Wildman–Crippen MR) is 111 cm³/mol. The van der Waals surface area contributed by atoms with Crippen molar-refractivity contribution < 1.29 is 19.1 Å². The Hall–Kier alpha value is -2.99. The average Bonchev–Trinajstić information content (AvgIpc) is 2.65. The van der Waals surface area contributed by atoms with E-state index in [0.29, 0.717) is 33.3 Å². The molecule has 0 fully saturated rings. The van der Waals surface area contributed by atoms with Crippen LogP contribution in [0.2, 0.25) is 5.02 Å². The van der Waals surface area contributed by atoms with Crippen molar-refractivity contribution >= 4 is 35.2 Å². The van der Waals surface area contributed by atoms with Gasteiger partial charge in [0.1, 0.15) is 0 Å². The van der Waals surface area contributed by atoms with Crippen molar-refractivity contribution in [3.63, 3.8) is 0 Å². The van der Waals surface area contributed by atoms with Gasteiger partial charge in [-0.1, -0.05) is 23.7 Å². The minimum Gasteiger partial charge on any atom is -0.493 e. The summed E-state index contributed by atoms with van der Waals surface area (Å²) in [6, 6.07) is 10.2. The Morgan fingerprint density at radius 1 is 1.11 bits per heavy atom. The lowest BCUT2D eigenvalue weighted by Crippen LogP contribution is -2.30. The largest absolute Gasteiger partial charge is 0.493 e. The maximum Gasteiger partial charge on any atom is 0.253 e. The highest BCUT2D eigenvalue weighted by atomic mass is 35.5. The maximum absolute atomic E-state index is 12.3. The highest BCUT2D eigenvalue weighted by molar-refractivity contribution is 6.32. The highest BCUT2D eigenvalue weighted by Crippen LogP contribution is 2.36. The summed E-state index contributed by atoms with van der Waals surface area (Å²) in [6.07, 6.45) is 2.95. The number of nitrogens with one attached hydrogen (secondary N) is 2. The molecule has 0 bridgehead atoms. The van der Waals surface area contributed by atoms with Crippen molar-refractivity contribution in [3.05, 3.63) is 58.6 Å². The summed E-state index contributed by atoms with van der Waals surface area (Å²) in [4.78, 5) is 24.6. The molecule has 2 amide bonds. The van der Waals surface area contributed by atoms with E-state index in [2.05, 4.69) is 10.6 Å². The van der Waals surface area contributed by atoms with Gasteiger partial charge in [-0.2, -0.15) is 0 Å². The van der Waals surface area contributed by atoms with Crippen molar-refractivity contribution in [2.45, 2.75) is 19.9 Å². The monoisotopic (exact) mass is 402 g/mol. The van der Waals surface area contributed by atoms with Crippen LogP contribution < -0.4 is 20.1 Å². The Kier molecular flexibility index (Phi) is 7.46. The van der Waals surface area contributed by atoms with Crippen LogP contribution in [0.1, 0.15) is 29.8 Å². The normalized spacial score (nSPS) is 10.8. The zero-order valence-corrected chi connectivity index (χ0v) is 17.0. The maximum atomic E-state index is 12.3. The molecule has 148 valence electrons. The molecule has 2 N–H and O–H groups in total. The molecule has 2 aromatic carbocycles. The number of para-hydroxylation sites is 1. The number of hydrogen-bond donors (Lipinski definition) is 2. The van der Waals surface area contributed by atoms with Gasteiger partial charge < -0.3 is 20.1 Å². The molecule has 0 atom stereocenters. The van der Waals surface area contributed by atoms with E-state index >= 15 is 0 Å². The number of hydrogen-bond acceptors (Lipinski definition) is 4. The van der Waals surface area contributed by atoms with Crippen LogP contribution in [0.3, 0.4) is 0 Å². The fraction of sp³-hybridized carbons (Fsp3) is 0.238. The van der Waals surface area contributed by atoms with Crippen LogP contribution in [0.4, 0.5) is 5.69 Å². The summed E-state index contributed by atoms with van der Waals surface area (Å²) >= 11 is 6.17. The molecule has 0 saturated heterocycles. The molecular weight excluding hydrogens is 380 g/mol. The second kappa shape index (κ2) is 9.80. The van der Waals surface area contributed by atoms with Crippen LogP contribution in [-0.2, 0) is 4.79 Å². The number of anilines is 1. The number of amides is 2. The molecule has 0 aromatic heterocycles. The molecule has 2 aromatic rings. The molecule has 7 heteroatoms. The topological polar surface area (TPSA) is 76.7 Å². The van der Waals surface area contributed by atoms with Gasteiger partial charge in [0.15, 0.2) is 11.5 Å². The van der Waals surface area contributed by atoms with Gasteiger partial charge in [0.05, 0.1) is 30.5 Å². The number of rotatable bonds is 7. The first-order chi connectivity index (χ1) is 13.3. The molecule has 28 heavy (non-hydrogen) atoms. The lowest BCUT2D eigenvalue weighted by atomic mass is 10.1. The molecule has 6 nitrogen and oxygen atoms in total. The molecule has 2 rings (SSSR count). The van der Waals surface area contributed by atoms with E-state index in [9.17, 15) is 9.59 Å². The van der Waals surface area contributed by atoms with Crippen molar-refractivity contribution in [2.75, 3.05) is 19.5 Å². The molecule has 0 saturated carbocycles. The third-order valence-corrected chi connectivity index (χ3v) is 4.01. The number of methoxy groups -OCH3 is 2. The Bertz CT molecular complexity index is 894. The zero-order chi connectivity index (χ0) is 20.7. The average molecular weight is 403 g/mol. The summed E-state index contributed by atoms with van der Waals surface area (Å²) in [5.74, 6) is 0.263. The summed E-state index contributed by atoms with van der Waals surface area (Å²) < 4.78 is 10.4. The van der Waals surface area contributed by atoms with Crippen LogP contribution in [0, 0.1) is 0 Å². The summed E-state index contributed by atoms with van der Waals surface area (Å²) in [7, 11) is 3.01. The SMILES string of the molecule is COc1cc(/C=C/C(=O)Nc2ccccc2C(=O)NC(C)C)cc(Cl)c1OC. The van der Waals surface area contributed by atoms with Gasteiger partial charge >= 0.3 is 0 Å². The Labute approximate surface area is 169 Å². The van der Waals surface area contributed by atoms with Crippen LogP contribution in [0.25, 0.3) is 6.08 Å². The van der Waals surface area contributed by atoms with Gasteiger partial charge in [-0.25, -0.2) is 0 Å². The van der Waals surface area contributed by atoms with Crippen molar-refractivity contribution in [1.29, 1.82) is 0 Å². The minimum atomic E-state index is -0.379. The molecular formula is C21H23ClN2O4. The lowest BCUT2D eigenvalue weighted by molar-refractivity contribution is -0.111. The summed E-state index contributed by atoms with van der Waals surface area (Å²) in [6.45, 7) is 3.74. The Balaban J connectivity index is 2.17. The second-order valence-electron chi connectivity index (χ2n) is 6.23. The van der Waals surface area contributed by atoms with E-state index < -0.39 is 0 Å². The van der Waals surface area contributed by atoms with E-state index in [1.165, 1.54) is 20.3 Å². The molecule has 0 heterocycles. The molecule has 0 aliphatic heterocycles. The third kappa shape index (κ3) is 5.50. The number of halogens is 1. The summed E-state index contributed by atoms with van der Waals surface area (Å²) in [5, 5.41) is 5.91. The number of carbonyl (C=O) groups is 2. The van der Waals surface area contributed by atoms with Gasteiger partial charge in [0, 0.05) is 12.1 Å². The minimum absolute atomic E-state index is 0.00838. The Morgan fingerprint density at radius 3 is 2.46 bits per heavy atom.